The Hall–Kier alpha value is -0.300. The van der Waals surface area contributed by atoms with Gasteiger partial charge in [-0.3, -0.25) is 0 Å². The van der Waals surface area contributed by atoms with Crippen LogP contribution in [0.2, 0.25) is 0 Å². The average Bonchev–Trinajstić information content (AvgIpc) is 2.14. The first-order chi connectivity index (χ1) is 6.59. The summed E-state index contributed by atoms with van der Waals surface area (Å²) < 4.78 is 6.01. The van der Waals surface area contributed by atoms with Gasteiger partial charge in [0.15, 0.2) is 0 Å². The summed E-state index contributed by atoms with van der Waals surface area (Å²) in [6.45, 7) is 10.1. The quantitative estimate of drug-likeness (QED) is 0.582. The maximum absolute atomic E-state index is 6.01. The fourth-order valence-corrected chi connectivity index (χ4v) is 3.02. The van der Waals surface area contributed by atoms with Crippen LogP contribution < -0.4 is 0 Å². The highest BCUT2D eigenvalue weighted by Crippen LogP contribution is 2.41. The third kappa shape index (κ3) is 1.63. The highest BCUT2D eigenvalue weighted by Gasteiger charge is 2.38. The van der Waals surface area contributed by atoms with E-state index in [9.17, 15) is 0 Å². The molecule has 1 fully saturated rings. The van der Waals surface area contributed by atoms with Gasteiger partial charge in [0.2, 0.25) is 0 Å². The molecule has 14 heavy (non-hydrogen) atoms. The van der Waals surface area contributed by atoms with Crippen molar-refractivity contribution in [2.75, 3.05) is 6.61 Å². The molecule has 1 saturated heterocycles. The van der Waals surface area contributed by atoms with Crippen molar-refractivity contribution in [1.29, 1.82) is 0 Å². The van der Waals surface area contributed by atoms with Crippen molar-refractivity contribution >= 4 is 0 Å². The molecular formula is C13H22O. The van der Waals surface area contributed by atoms with Gasteiger partial charge in [0.05, 0.1) is 12.7 Å². The Bertz CT molecular complexity index is 242. The molecule has 1 nitrogen and oxygen atoms in total. The van der Waals surface area contributed by atoms with Gasteiger partial charge in [-0.15, -0.1) is 0 Å². The first kappa shape index (κ1) is 10.2. The lowest BCUT2D eigenvalue weighted by molar-refractivity contribution is -0.0808. The van der Waals surface area contributed by atoms with Crippen molar-refractivity contribution in [2.24, 2.45) is 23.7 Å². The van der Waals surface area contributed by atoms with Crippen LogP contribution in [0.3, 0.4) is 0 Å². The van der Waals surface area contributed by atoms with E-state index in [4.69, 9.17) is 4.74 Å². The van der Waals surface area contributed by atoms with Gasteiger partial charge in [0, 0.05) is 5.92 Å². The lowest BCUT2D eigenvalue weighted by atomic mass is 9.70. The van der Waals surface area contributed by atoms with Crippen LogP contribution in [0.4, 0.5) is 0 Å². The van der Waals surface area contributed by atoms with Crippen molar-refractivity contribution in [3.05, 3.63) is 11.6 Å². The zero-order valence-corrected chi connectivity index (χ0v) is 9.79. The summed E-state index contributed by atoms with van der Waals surface area (Å²) in [7, 11) is 0. The van der Waals surface area contributed by atoms with Gasteiger partial charge in [0.25, 0.3) is 0 Å². The SMILES string of the molecule is CC1=C[C@H](C)[C@H]2CO[C@@H](C(C)C)[C@H]1C2. The number of hydrogen-bond acceptors (Lipinski definition) is 1. The first-order valence-electron chi connectivity index (χ1n) is 5.89. The zero-order valence-electron chi connectivity index (χ0n) is 9.79. The van der Waals surface area contributed by atoms with Gasteiger partial charge < -0.3 is 4.74 Å². The van der Waals surface area contributed by atoms with E-state index in [1.807, 2.05) is 0 Å². The minimum Gasteiger partial charge on any atom is -0.377 e. The molecular weight excluding hydrogens is 172 g/mol. The van der Waals surface area contributed by atoms with Crippen molar-refractivity contribution in [3.63, 3.8) is 0 Å². The van der Waals surface area contributed by atoms with Crippen LogP contribution >= 0.6 is 0 Å². The van der Waals surface area contributed by atoms with Gasteiger partial charge in [-0.1, -0.05) is 32.4 Å². The smallest absolute Gasteiger partial charge is 0.0663 e. The summed E-state index contributed by atoms with van der Waals surface area (Å²) in [5.74, 6) is 2.85. The molecule has 0 unspecified atom stereocenters. The molecule has 1 aliphatic carbocycles. The van der Waals surface area contributed by atoms with Crippen molar-refractivity contribution in [1.82, 2.24) is 0 Å². The minimum atomic E-state index is 0.468. The van der Waals surface area contributed by atoms with Crippen LogP contribution in [0.1, 0.15) is 34.1 Å². The van der Waals surface area contributed by atoms with Crippen molar-refractivity contribution < 1.29 is 4.74 Å². The highest BCUT2D eigenvalue weighted by atomic mass is 16.5. The van der Waals surface area contributed by atoms with Crippen LogP contribution in [0.25, 0.3) is 0 Å². The Morgan fingerprint density at radius 1 is 1.43 bits per heavy atom. The second kappa shape index (κ2) is 3.69. The van der Waals surface area contributed by atoms with Crippen LogP contribution in [-0.4, -0.2) is 12.7 Å². The topological polar surface area (TPSA) is 9.23 Å². The summed E-state index contributed by atoms with van der Waals surface area (Å²) >= 11 is 0. The fraction of sp³-hybridized carbons (Fsp3) is 0.846. The molecule has 0 amide bonds. The molecule has 80 valence electrons. The van der Waals surface area contributed by atoms with Crippen LogP contribution in [-0.2, 0) is 4.74 Å². The summed E-state index contributed by atoms with van der Waals surface area (Å²) in [5.41, 5.74) is 1.56. The van der Waals surface area contributed by atoms with E-state index in [2.05, 4.69) is 33.8 Å². The Labute approximate surface area is 87.5 Å². The van der Waals surface area contributed by atoms with Crippen LogP contribution in [0.5, 0.6) is 0 Å². The summed E-state index contributed by atoms with van der Waals surface area (Å²) in [6, 6.07) is 0. The van der Waals surface area contributed by atoms with Crippen LogP contribution in [0, 0.1) is 23.7 Å². The standard InChI is InChI=1S/C13H22O/c1-8(2)13-12-6-11(7-14-13)9(3)5-10(12)4/h5,8-9,11-13H,6-7H2,1-4H3/t9-,11+,12-,13-/m0/s1. The maximum Gasteiger partial charge on any atom is 0.0663 e. The van der Waals surface area contributed by atoms with Gasteiger partial charge in [-0.2, -0.15) is 0 Å². The van der Waals surface area contributed by atoms with E-state index in [1.54, 1.807) is 5.57 Å². The molecule has 1 heterocycles. The molecule has 0 aromatic rings. The molecule has 0 saturated carbocycles. The number of allylic oxidation sites excluding steroid dienone is 1. The molecule has 0 radical (unpaired) electrons. The predicted octanol–water partition coefficient (Wildman–Crippen LogP) is 3.26. The molecule has 4 atom stereocenters. The van der Waals surface area contributed by atoms with Gasteiger partial charge in [-0.05, 0) is 31.1 Å². The lowest BCUT2D eigenvalue weighted by Crippen LogP contribution is -2.42. The zero-order chi connectivity index (χ0) is 10.3. The maximum atomic E-state index is 6.01. The minimum absolute atomic E-state index is 0.468. The number of fused-ring (bicyclic) bond motifs is 2. The number of hydrogen-bond donors (Lipinski definition) is 0. The van der Waals surface area contributed by atoms with Gasteiger partial charge in [0.1, 0.15) is 0 Å². The van der Waals surface area contributed by atoms with Gasteiger partial charge >= 0.3 is 0 Å². The van der Waals surface area contributed by atoms with Gasteiger partial charge in [-0.25, -0.2) is 0 Å². The van der Waals surface area contributed by atoms with E-state index in [-0.39, 0.29) is 0 Å². The predicted molar refractivity (Wildman–Crippen MR) is 59.1 cm³/mol. The average molecular weight is 194 g/mol. The molecule has 2 rings (SSSR count). The molecule has 1 aliphatic heterocycles. The van der Waals surface area contributed by atoms with Crippen molar-refractivity contribution in [3.8, 4) is 0 Å². The van der Waals surface area contributed by atoms with E-state index in [0.717, 1.165) is 18.4 Å². The van der Waals surface area contributed by atoms with Crippen molar-refractivity contribution in [2.45, 2.75) is 40.2 Å². The summed E-state index contributed by atoms with van der Waals surface area (Å²) in [4.78, 5) is 0. The number of rotatable bonds is 1. The normalized spacial score (nSPS) is 42.5. The van der Waals surface area contributed by atoms with E-state index in [1.165, 1.54) is 6.42 Å². The molecule has 2 aliphatic rings. The highest BCUT2D eigenvalue weighted by molar-refractivity contribution is 5.14. The lowest BCUT2D eigenvalue weighted by Gasteiger charge is -2.44. The second-order valence-corrected chi connectivity index (χ2v) is 5.41. The molecule has 0 aromatic heterocycles. The fourth-order valence-electron chi connectivity index (χ4n) is 3.02. The molecule has 2 bridgehead atoms. The molecule has 0 spiro atoms. The largest absolute Gasteiger partial charge is 0.377 e. The molecule has 0 N–H and O–H groups in total. The third-order valence-corrected chi connectivity index (χ3v) is 3.97. The van der Waals surface area contributed by atoms with E-state index >= 15 is 0 Å². The first-order valence-corrected chi connectivity index (χ1v) is 5.89. The number of ether oxygens (including phenoxy) is 1. The Kier molecular flexibility index (Phi) is 2.70. The van der Waals surface area contributed by atoms with Crippen LogP contribution in [0.15, 0.2) is 11.6 Å². The Morgan fingerprint density at radius 2 is 2.14 bits per heavy atom. The van der Waals surface area contributed by atoms with E-state index < -0.39 is 0 Å². The Balaban J connectivity index is 2.20. The third-order valence-electron chi connectivity index (χ3n) is 3.97. The molecule has 0 aromatic carbocycles. The Morgan fingerprint density at radius 3 is 2.79 bits per heavy atom. The summed E-state index contributed by atoms with van der Waals surface area (Å²) in [5, 5.41) is 0. The molecule has 1 heteroatoms. The van der Waals surface area contributed by atoms with E-state index in [0.29, 0.717) is 17.9 Å². The monoisotopic (exact) mass is 194 g/mol. The summed E-state index contributed by atoms with van der Waals surface area (Å²) in [6.07, 6.45) is 4.29. The second-order valence-electron chi connectivity index (χ2n) is 5.41.